The molecule has 0 aromatic heterocycles. The van der Waals surface area contributed by atoms with Gasteiger partial charge in [-0.25, -0.2) is 0 Å². The first-order chi connectivity index (χ1) is 6.27. The van der Waals surface area contributed by atoms with Crippen molar-refractivity contribution in [1.29, 1.82) is 5.41 Å². The highest BCUT2D eigenvalue weighted by molar-refractivity contribution is 5.64. The van der Waals surface area contributed by atoms with E-state index in [0.29, 0.717) is 0 Å². The molecule has 0 spiro atoms. The van der Waals surface area contributed by atoms with Crippen molar-refractivity contribution in [1.82, 2.24) is 0 Å². The summed E-state index contributed by atoms with van der Waals surface area (Å²) in [5.41, 5.74) is 2.19. The van der Waals surface area contributed by atoms with Crippen LogP contribution in [0, 0.1) is 17.3 Å². The standard InChI is InChI=1S/C12H13N/c1-3-4-11-5-7-12(8-6-11)10(2)9-13/h5-10,13H,1-2H3. The first kappa shape index (κ1) is 9.54. The summed E-state index contributed by atoms with van der Waals surface area (Å²) in [6, 6.07) is 8.03. The largest absolute Gasteiger partial charge is 0.312 e. The predicted octanol–water partition coefficient (Wildman–Crippen LogP) is 2.81. The van der Waals surface area contributed by atoms with Crippen LogP contribution in [0.5, 0.6) is 0 Å². The highest BCUT2D eigenvalue weighted by atomic mass is 14.3. The number of hydrogen-bond donors (Lipinski definition) is 1. The van der Waals surface area contributed by atoms with E-state index in [9.17, 15) is 0 Å². The summed E-state index contributed by atoms with van der Waals surface area (Å²) in [5, 5.41) is 7.13. The molecule has 1 aromatic carbocycles. The molecule has 0 heterocycles. The average molecular weight is 171 g/mol. The van der Waals surface area contributed by atoms with Crippen molar-refractivity contribution in [2.45, 2.75) is 19.8 Å². The van der Waals surface area contributed by atoms with Crippen molar-refractivity contribution >= 4 is 6.21 Å². The third kappa shape index (κ3) is 2.45. The van der Waals surface area contributed by atoms with Crippen molar-refractivity contribution in [2.75, 3.05) is 0 Å². The molecule has 0 aliphatic rings. The van der Waals surface area contributed by atoms with Crippen LogP contribution in [0.1, 0.15) is 30.9 Å². The van der Waals surface area contributed by atoms with Crippen LogP contribution in [-0.2, 0) is 0 Å². The minimum atomic E-state index is 0.198. The normalized spacial score (nSPS) is 11.2. The van der Waals surface area contributed by atoms with E-state index in [4.69, 9.17) is 5.41 Å². The first-order valence-corrected chi connectivity index (χ1v) is 4.31. The van der Waals surface area contributed by atoms with Gasteiger partial charge in [0, 0.05) is 17.7 Å². The molecule has 1 nitrogen and oxygen atoms in total. The molecule has 0 amide bonds. The van der Waals surface area contributed by atoms with Gasteiger partial charge in [-0.15, -0.1) is 5.92 Å². The van der Waals surface area contributed by atoms with Gasteiger partial charge in [-0.1, -0.05) is 25.0 Å². The minimum absolute atomic E-state index is 0.198. The fraction of sp³-hybridized carbons (Fsp3) is 0.250. The van der Waals surface area contributed by atoms with E-state index in [1.165, 1.54) is 6.21 Å². The molecule has 0 radical (unpaired) electrons. The quantitative estimate of drug-likeness (QED) is 0.522. The molecule has 1 N–H and O–H groups in total. The second kappa shape index (κ2) is 4.47. The first-order valence-electron chi connectivity index (χ1n) is 4.31. The van der Waals surface area contributed by atoms with Gasteiger partial charge >= 0.3 is 0 Å². The van der Waals surface area contributed by atoms with E-state index in [1.807, 2.05) is 38.1 Å². The molecule has 13 heavy (non-hydrogen) atoms. The lowest BCUT2D eigenvalue weighted by Gasteiger charge is -2.04. The minimum Gasteiger partial charge on any atom is -0.312 e. The molecule has 0 saturated carbocycles. The van der Waals surface area contributed by atoms with Crippen molar-refractivity contribution < 1.29 is 0 Å². The smallest absolute Gasteiger partial charge is 0.0245 e. The molecule has 1 atom stereocenters. The van der Waals surface area contributed by atoms with Crippen molar-refractivity contribution in [2.24, 2.45) is 0 Å². The number of benzene rings is 1. The number of rotatable bonds is 2. The summed E-state index contributed by atoms with van der Waals surface area (Å²) in [6.07, 6.45) is 1.44. The van der Waals surface area contributed by atoms with E-state index in [2.05, 4.69) is 11.8 Å². The summed E-state index contributed by atoms with van der Waals surface area (Å²) >= 11 is 0. The Morgan fingerprint density at radius 1 is 1.31 bits per heavy atom. The van der Waals surface area contributed by atoms with Crippen LogP contribution in [0.4, 0.5) is 0 Å². The molecular formula is C12H13N. The van der Waals surface area contributed by atoms with Gasteiger partial charge in [0.05, 0.1) is 0 Å². The van der Waals surface area contributed by atoms with Gasteiger partial charge in [0.1, 0.15) is 0 Å². The van der Waals surface area contributed by atoms with Gasteiger partial charge in [-0.2, -0.15) is 0 Å². The molecular weight excluding hydrogens is 158 g/mol. The summed E-state index contributed by atoms with van der Waals surface area (Å²) in [5.74, 6) is 6.03. The van der Waals surface area contributed by atoms with Crippen LogP contribution in [0.2, 0.25) is 0 Å². The Bertz CT molecular complexity index is 338. The lowest BCUT2D eigenvalue weighted by Crippen LogP contribution is -1.92. The van der Waals surface area contributed by atoms with Gasteiger partial charge in [0.2, 0.25) is 0 Å². The Balaban J connectivity index is 2.90. The Hall–Kier alpha value is -1.55. The average Bonchev–Trinajstić information content (AvgIpc) is 2.18. The Kier molecular flexibility index (Phi) is 3.28. The topological polar surface area (TPSA) is 23.9 Å². The zero-order chi connectivity index (χ0) is 9.68. The second-order valence-corrected chi connectivity index (χ2v) is 2.95. The molecule has 0 saturated heterocycles. The molecule has 0 aliphatic heterocycles. The van der Waals surface area contributed by atoms with Crippen LogP contribution in [0.25, 0.3) is 0 Å². The Morgan fingerprint density at radius 3 is 2.38 bits per heavy atom. The van der Waals surface area contributed by atoms with Crippen molar-refractivity contribution in [3.05, 3.63) is 35.4 Å². The molecule has 0 fully saturated rings. The maximum absolute atomic E-state index is 7.13. The molecule has 0 aliphatic carbocycles. The third-order valence-electron chi connectivity index (χ3n) is 1.96. The van der Waals surface area contributed by atoms with Gasteiger partial charge < -0.3 is 5.41 Å². The molecule has 1 heteroatoms. The Labute approximate surface area is 79.3 Å². The summed E-state index contributed by atoms with van der Waals surface area (Å²) in [6.45, 7) is 3.83. The predicted molar refractivity (Wildman–Crippen MR) is 56.2 cm³/mol. The fourth-order valence-corrected chi connectivity index (χ4v) is 1.11. The summed E-state index contributed by atoms with van der Waals surface area (Å²) < 4.78 is 0. The van der Waals surface area contributed by atoms with Crippen molar-refractivity contribution in [3.8, 4) is 11.8 Å². The number of nitrogens with one attached hydrogen (secondary N) is 1. The van der Waals surface area contributed by atoms with Crippen LogP contribution in [-0.4, -0.2) is 6.21 Å². The maximum atomic E-state index is 7.13. The molecule has 0 bridgehead atoms. The van der Waals surface area contributed by atoms with Crippen LogP contribution >= 0.6 is 0 Å². The highest BCUT2D eigenvalue weighted by Gasteiger charge is 1.99. The zero-order valence-electron chi connectivity index (χ0n) is 7.96. The van der Waals surface area contributed by atoms with Crippen LogP contribution in [0.3, 0.4) is 0 Å². The van der Waals surface area contributed by atoms with Crippen LogP contribution in [0.15, 0.2) is 24.3 Å². The fourth-order valence-electron chi connectivity index (χ4n) is 1.11. The van der Waals surface area contributed by atoms with E-state index >= 15 is 0 Å². The monoisotopic (exact) mass is 171 g/mol. The van der Waals surface area contributed by atoms with Gasteiger partial charge in [0.25, 0.3) is 0 Å². The third-order valence-corrected chi connectivity index (χ3v) is 1.96. The van der Waals surface area contributed by atoms with E-state index in [1.54, 1.807) is 0 Å². The van der Waals surface area contributed by atoms with Crippen LogP contribution < -0.4 is 0 Å². The van der Waals surface area contributed by atoms with E-state index in [0.717, 1.165) is 11.1 Å². The molecule has 1 rings (SSSR count). The lowest BCUT2D eigenvalue weighted by molar-refractivity contribution is 1.04. The van der Waals surface area contributed by atoms with Gasteiger partial charge in [0.15, 0.2) is 0 Å². The zero-order valence-corrected chi connectivity index (χ0v) is 7.96. The second-order valence-electron chi connectivity index (χ2n) is 2.95. The number of hydrogen-bond acceptors (Lipinski definition) is 1. The van der Waals surface area contributed by atoms with E-state index in [-0.39, 0.29) is 5.92 Å². The lowest BCUT2D eigenvalue weighted by atomic mass is 10.0. The summed E-state index contributed by atoms with van der Waals surface area (Å²) in [7, 11) is 0. The maximum Gasteiger partial charge on any atom is 0.0245 e. The SMILES string of the molecule is CC#Cc1ccc(C(C)C=N)cc1. The molecule has 1 aromatic rings. The molecule has 66 valence electrons. The highest BCUT2D eigenvalue weighted by Crippen LogP contribution is 2.12. The molecule has 1 unspecified atom stereocenters. The Morgan fingerprint density at radius 2 is 1.92 bits per heavy atom. The van der Waals surface area contributed by atoms with Gasteiger partial charge in [-0.05, 0) is 24.6 Å². The van der Waals surface area contributed by atoms with E-state index < -0.39 is 0 Å². The summed E-state index contributed by atoms with van der Waals surface area (Å²) in [4.78, 5) is 0. The van der Waals surface area contributed by atoms with Gasteiger partial charge in [-0.3, -0.25) is 0 Å². The van der Waals surface area contributed by atoms with Crippen molar-refractivity contribution in [3.63, 3.8) is 0 Å².